The van der Waals surface area contributed by atoms with Crippen molar-refractivity contribution in [3.8, 4) is 0 Å². The lowest BCUT2D eigenvalue weighted by atomic mass is 10.2. The molecule has 1 amide bonds. The number of nitrogens with one attached hydrogen (secondary N) is 1. The molecule has 0 radical (unpaired) electrons. The Morgan fingerprint density at radius 3 is 3.11 bits per heavy atom. The lowest BCUT2D eigenvalue weighted by Gasteiger charge is -2.33. The summed E-state index contributed by atoms with van der Waals surface area (Å²) in [5.74, 6) is 1.56. The summed E-state index contributed by atoms with van der Waals surface area (Å²) in [4.78, 5) is 22.0. The van der Waals surface area contributed by atoms with Gasteiger partial charge >= 0.3 is 0 Å². The Morgan fingerprint density at radius 2 is 2.39 bits per heavy atom. The number of carbonyl (C=O) groups is 1. The van der Waals surface area contributed by atoms with Crippen LogP contribution in [0.4, 0.5) is 11.6 Å². The molecule has 0 saturated carbocycles. The van der Waals surface area contributed by atoms with Crippen LogP contribution in [0.1, 0.15) is 12.7 Å². The average molecular weight is 251 g/mol. The standard InChI is InChI=1S/C11H17N5O2/c1-7-11(17)13-3-4-16(7)10-5-8(12)14-9(15-10)6-18-2/h5,7H,3-4,6H2,1-2H3,(H,13,17)(H2,12,14,15). The van der Waals surface area contributed by atoms with Gasteiger partial charge in [0.05, 0.1) is 0 Å². The van der Waals surface area contributed by atoms with Crippen molar-refractivity contribution in [1.82, 2.24) is 15.3 Å². The Bertz CT molecular complexity index is 451. The van der Waals surface area contributed by atoms with Gasteiger partial charge in [-0.15, -0.1) is 0 Å². The second-order valence-corrected chi connectivity index (χ2v) is 4.16. The molecule has 1 aromatic heterocycles. The molecular formula is C11H17N5O2. The van der Waals surface area contributed by atoms with E-state index in [0.29, 0.717) is 37.2 Å². The number of aromatic nitrogens is 2. The lowest BCUT2D eigenvalue weighted by Crippen LogP contribution is -2.54. The van der Waals surface area contributed by atoms with Gasteiger partial charge in [-0.25, -0.2) is 9.97 Å². The molecule has 1 unspecified atom stereocenters. The highest BCUT2D eigenvalue weighted by Gasteiger charge is 2.26. The molecule has 1 fully saturated rings. The van der Waals surface area contributed by atoms with Crippen molar-refractivity contribution in [2.75, 3.05) is 30.8 Å². The van der Waals surface area contributed by atoms with Gasteiger partial charge in [-0.1, -0.05) is 0 Å². The number of hydrogen-bond acceptors (Lipinski definition) is 6. The summed E-state index contributed by atoms with van der Waals surface area (Å²) < 4.78 is 4.99. The van der Waals surface area contributed by atoms with E-state index in [2.05, 4.69) is 15.3 Å². The number of hydrogen-bond donors (Lipinski definition) is 2. The molecule has 7 heteroatoms. The molecule has 0 spiro atoms. The zero-order valence-corrected chi connectivity index (χ0v) is 10.5. The Morgan fingerprint density at radius 1 is 1.61 bits per heavy atom. The summed E-state index contributed by atoms with van der Waals surface area (Å²) in [6, 6.07) is 1.41. The average Bonchev–Trinajstić information content (AvgIpc) is 2.32. The lowest BCUT2D eigenvalue weighted by molar-refractivity contribution is -0.122. The summed E-state index contributed by atoms with van der Waals surface area (Å²) in [6.07, 6.45) is 0. The number of carbonyl (C=O) groups excluding carboxylic acids is 1. The van der Waals surface area contributed by atoms with Crippen molar-refractivity contribution < 1.29 is 9.53 Å². The molecule has 2 rings (SSSR count). The van der Waals surface area contributed by atoms with Crippen molar-refractivity contribution in [1.29, 1.82) is 0 Å². The van der Waals surface area contributed by atoms with Crippen LogP contribution in [0.3, 0.4) is 0 Å². The van der Waals surface area contributed by atoms with E-state index in [9.17, 15) is 4.79 Å². The molecule has 1 aliphatic rings. The van der Waals surface area contributed by atoms with E-state index in [0.717, 1.165) is 0 Å². The quantitative estimate of drug-likeness (QED) is 0.754. The summed E-state index contributed by atoms with van der Waals surface area (Å²) in [5.41, 5.74) is 5.74. The molecule has 1 saturated heterocycles. The number of methoxy groups -OCH3 is 1. The molecular weight excluding hydrogens is 234 g/mol. The van der Waals surface area contributed by atoms with Crippen LogP contribution in [0.25, 0.3) is 0 Å². The summed E-state index contributed by atoms with van der Waals surface area (Å²) >= 11 is 0. The predicted octanol–water partition coefficient (Wildman–Crippen LogP) is -0.470. The first-order chi connectivity index (χ1) is 8.61. The molecule has 1 atom stereocenters. The van der Waals surface area contributed by atoms with Crippen LogP contribution >= 0.6 is 0 Å². The third-order valence-corrected chi connectivity index (χ3v) is 2.85. The zero-order valence-electron chi connectivity index (χ0n) is 10.5. The summed E-state index contributed by atoms with van der Waals surface area (Å²) in [5, 5.41) is 2.81. The molecule has 1 aromatic rings. The molecule has 1 aliphatic heterocycles. The normalized spacial score (nSPS) is 19.8. The van der Waals surface area contributed by atoms with Crippen LogP contribution in [0.2, 0.25) is 0 Å². The van der Waals surface area contributed by atoms with Gasteiger partial charge in [0.15, 0.2) is 5.82 Å². The molecule has 0 bridgehead atoms. The minimum Gasteiger partial charge on any atom is -0.384 e. The molecule has 98 valence electrons. The fourth-order valence-corrected chi connectivity index (χ4v) is 1.94. The topological polar surface area (TPSA) is 93.4 Å². The van der Waals surface area contributed by atoms with Crippen LogP contribution < -0.4 is 16.0 Å². The van der Waals surface area contributed by atoms with E-state index in [1.165, 1.54) is 0 Å². The maximum Gasteiger partial charge on any atom is 0.242 e. The number of nitrogens with zero attached hydrogens (tertiary/aromatic N) is 3. The van der Waals surface area contributed by atoms with Crippen LogP contribution in [-0.4, -0.2) is 42.1 Å². The number of amides is 1. The first-order valence-corrected chi connectivity index (χ1v) is 5.78. The fourth-order valence-electron chi connectivity index (χ4n) is 1.94. The van der Waals surface area contributed by atoms with E-state index >= 15 is 0 Å². The molecule has 0 aliphatic carbocycles. The molecule has 0 aromatic carbocycles. The van der Waals surface area contributed by atoms with Gasteiger partial charge < -0.3 is 20.7 Å². The molecule has 18 heavy (non-hydrogen) atoms. The first kappa shape index (κ1) is 12.6. The largest absolute Gasteiger partial charge is 0.384 e. The van der Waals surface area contributed by atoms with Gasteiger partial charge in [0.1, 0.15) is 24.3 Å². The Kier molecular flexibility index (Phi) is 3.61. The highest BCUT2D eigenvalue weighted by atomic mass is 16.5. The predicted molar refractivity (Wildman–Crippen MR) is 67.0 cm³/mol. The SMILES string of the molecule is COCc1nc(N)cc(N2CCNC(=O)C2C)n1. The van der Waals surface area contributed by atoms with E-state index < -0.39 is 0 Å². The fraction of sp³-hybridized carbons (Fsp3) is 0.545. The third-order valence-electron chi connectivity index (χ3n) is 2.85. The molecule has 2 heterocycles. The monoisotopic (exact) mass is 251 g/mol. The smallest absolute Gasteiger partial charge is 0.242 e. The number of rotatable bonds is 3. The zero-order chi connectivity index (χ0) is 13.1. The van der Waals surface area contributed by atoms with Crippen molar-refractivity contribution in [3.63, 3.8) is 0 Å². The van der Waals surface area contributed by atoms with E-state index in [4.69, 9.17) is 10.5 Å². The van der Waals surface area contributed by atoms with E-state index in [1.807, 2.05) is 11.8 Å². The Hall–Kier alpha value is -1.89. The second-order valence-electron chi connectivity index (χ2n) is 4.16. The number of anilines is 2. The first-order valence-electron chi connectivity index (χ1n) is 5.78. The van der Waals surface area contributed by atoms with Gasteiger partial charge in [-0.3, -0.25) is 4.79 Å². The minimum atomic E-state index is -0.261. The van der Waals surface area contributed by atoms with Gasteiger partial charge in [0, 0.05) is 26.3 Å². The number of ether oxygens (including phenoxy) is 1. The van der Waals surface area contributed by atoms with Crippen molar-refractivity contribution in [2.45, 2.75) is 19.6 Å². The number of nitrogens with two attached hydrogens (primary N) is 1. The van der Waals surface area contributed by atoms with Crippen molar-refractivity contribution in [2.24, 2.45) is 0 Å². The van der Waals surface area contributed by atoms with Gasteiger partial charge in [0.2, 0.25) is 5.91 Å². The van der Waals surface area contributed by atoms with Crippen molar-refractivity contribution in [3.05, 3.63) is 11.9 Å². The van der Waals surface area contributed by atoms with Crippen LogP contribution in [0.15, 0.2) is 6.07 Å². The summed E-state index contributed by atoms with van der Waals surface area (Å²) in [7, 11) is 1.57. The van der Waals surface area contributed by atoms with E-state index in [1.54, 1.807) is 13.2 Å². The Labute approximate surface area is 105 Å². The minimum absolute atomic E-state index is 0.00766. The Balaban J connectivity index is 2.28. The third kappa shape index (κ3) is 2.51. The molecule has 3 N–H and O–H groups in total. The van der Waals surface area contributed by atoms with Gasteiger partial charge in [-0.05, 0) is 6.92 Å². The highest BCUT2D eigenvalue weighted by Crippen LogP contribution is 2.18. The maximum atomic E-state index is 11.6. The van der Waals surface area contributed by atoms with Gasteiger partial charge in [0.25, 0.3) is 0 Å². The molecule has 7 nitrogen and oxygen atoms in total. The highest BCUT2D eigenvalue weighted by molar-refractivity contribution is 5.85. The summed E-state index contributed by atoms with van der Waals surface area (Å²) in [6.45, 7) is 3.44. The van der Waals surface area contributed by atoms with Crippen molar-refractivity contribution >= 4 is 17.5 Å². The maximum absolute atomic E-state index is 11.6. The van der Waals surface area contributed by atoms with E-state index in [-0.39, 0.29) is 11.9 Å². The van der Waals surface area contributed by atoms with Gasteiger partial charge in [-0.2, -0.15) is 0 Å². The number of nitrogen functional groups attached to an aromatic ring is 1. The number of piperazine rings is 1. The van der Waals surface area contributed by atoms with Crippen LogP contribution in [0, 0.1) is 0 Å². The second kappa shape index (κ2) is 5.18. The van der Waals surface area contributed by atoms with Crippen LogP contribution in [-0.2, 0) is 16.1 Å². The van der Waals surface area contributed by atoms with Crippen LogP contribution in [0.5, 0.6) is 0 Å².